The van der Waals surface area contributed by atoms with Gasteiger partial charge >= 0.3 is 6.18 Å². The van der Waals surface area contributed by atoms with Crippen LogP contribution in [0.4, 0.5) is 28.9 Å². The van der Waals surface area contributed by atoms with Gasteiger partial charge < -0.3 is 25.2 Å². The SMILES string of the molecule is COc1cc(C(=O)N2CCC3(CC2)C[C@@H]3C#Cc2cccc3c2CN([C@H]2CCC(=O)NC2=O)C3=O)ccc1NC(=O)[C@@H]1NC2(CCC(C)(C)CC2)[C@@]2(CNc3cc(C(F)(F)F)ncc32)[C@H]1c1cccc(Cl)c1F. The summed E-state index contributed by atoms with van der Waals surface area (Å²) in [5.41, 5.74) is 0.322. The van der Waals surface area contributed by atoms with Crippen molar-refractivity contribution in [3.8, 4) is 17.6 Å². The summed E-state index contributed by atoms with van der Waals surface area (Å²) in [5.74, 6) is 3.66. The number of fused-ring (bicyclic) bond motifs is 4. The molecule has 0 unspecified atom stereocenters. The van der Waals surface area contributed by atoms with Crippen molar-refractivity contribution in [3.05, 3.63) is 117 Å². The van der Waals surface area contributed by atoms with E-state index >= 15 is 9.18 Å². The highest BCUT2D eigenvalue weighted by atomic mass is 35.5. The fourth-order valence-electron chi connectivity index (χ4n) is 13.1. The number of aromatic nitrogens is 1. The van der Waals surface area contributed by atoms with E-state index in [0.29, 0.717) is 42.6 Å². The summed E-state index contributed by atoms with van der Waals surface area (Å²) in [7, 11) is 1.43. The summed E-state index contributed by atoms with van der Waals surface area (Å²) in [6.07, 6.45) is 1.93. The van der Waals surface area contributed by atoms with Gasteiger partial charge in [0.25, 0.3) is 11.8 Å². The lowest BCUT2D eigenvalue weighted by atomic mass is 9.54. The molecule has 7 aliphatic rings. The molecule has 13 nitrogen and oxygen atoms in total. The third-order valence-electron chi connectivity index (χ3n) is 17.3. The molecule has 3 saturated heterocycles. The van der Waals surface area contributed by atoms with Crippen LogP contribution in [0.5, 0.6) is 5.75 Å². The van der Waals surface area contributed by atoms with E-state index < -0.39 is 58.5 Å². The highest BCUT2D eigenvalue weighted by Crippen LogP contribution is 2.64. The van der Waals surface area contributed by atoms with Crippen molar-refractivity contribution in [1.29, 1.82) is 0 Å². The third-order valence-corrected chi connectivity index (χ3v) is 17.6. The van der Waals surface area contributed by atoms with E-state index in [1.807, 2.05) is 6.07 Å². The number of ether oxygens (including phenoxy) is 1. The van der Waals surface area contributed by atoms with Crippen molar-refractivity contribution in [1.82, 2.24) is 25.4 Å². The van der Waals surface area contributed by atoms with Gasteiger partial charge in [-0.15, -0.1) is 0 Å². The van der Waals surface area contributed by atoms with Gasteiger partial charge in [-0.05, 0) is 116 Å². The molecule has 0 radical (unpaired) electrons. The molecule has 5 aliphatic heterocycles. The summed E-state index contributed by atoms with van der Waals surface area (Å²) < 4.78 is 64.4. The van der Waals surface area contributed by atoms with Crippen molar-refractivity contribution in [2.45, 2.75) is 113 Å². The van der Waals surface area contributed by atoms with E-state index in [1.165, 1.54) is 24.3 Å². The lowest BCUT2D eigenvalue weighted by molar-refractivity contribution is -0.141. The van der Waals surface area contributed by atoms with Crippen LogP contribution in [0.3, 0.4) is 0 Å². The molecule has 0 bridgehead atoms. The van der Waals surface area contributed by atoms with Gasteiger partial charge in [0.1, 0.15) is 23.3 Å². The van der Waals surface area contributed by atoms with E-state index in [-0.39, 0.29) is 88.1 Å². The van der Waals surface area contributed by atoms with Gasteiger partial charge in [0.2, 0.25) is 17.7 Å². The molecule has 1 aromatic heterocycles. The second kappa shape index (κ2) is 17.6. The van der Waals surface area contributed by atoms with Crippen molar-refractivity contribution in [3.63, 3.8) is 0 Å². The number of anilines is 2. The van der Waals surface area contributed by atoms with Gasteiger partial charge in [-0.2, -0.15) is 13.2 Å². The summed E-state index contributed by atoms with van der Waals surface area (Å²) in [5, 5.41) is 12.1. The topological polar surface area (TPSA) is 162 Å². The van der Waals surface area contributed by atoms with Crippen molar-refractivity contribution < 1.29 is 46.3 Å². The monoisotopic (exact) mass is 1020 g/mol. The number of carbonyl (C=O) groups is 5. The number of alkyl halides is 3. The number of nitrogens with zero attached hydrogens (tertiary/aromatic N) is 3. The number of hydrogen-bond acceptors (Lipinski definition) is 9. The first-order valence-electron chi connectivity index (χ1n) is 24.9. The molecule has 6 heterocycles. The lowest BCUT2D eigenvalue weighted by Gasteiger charge is -2.51. The Morgan fingerprint density at radius 2 is 1.73 bits per heavy atom. The molecule has 2 aliphatic carbocycles. The molecular weight excluding hydrogens is 966 g/mol. The number of benzene rings is 3. The lowest BCUT2D eigenvalue weighted by Crippen LogP contribution is -2.59. The Morgan fingerprint density at radius 3 is 2.45 bits per heavy atom. The summed E-state index contributed by atoms with van der Waals surface area (Å²) in [4.78, 5) is 74.0. The van der Waals surface area contributed by atoms with E-state index in [0.717, 1.165) is 49.3 Å². The first kappa shape index (κ1) is 48.7. The largest absolute Gasteiger partial charge is 0.495 e. The molecule has 3 aromatic carbocycles. The average Bonchev–Trinajstić information content (AvgIpc) is 3.57. The number of rotatable bonds is 6. The fourth-order valence-corrected chi connectivity index (χ4v) is 13.2. The van der Waals surface area contributed by atoms with Crippen LogP contribution in [0.2, 0.25) is 5.02 Å². The number of imide groups is 1. The number of hydrogen-bond donors (Lipinski definition) is 4. The van der Waals surface area contributed by atoms with Gasteiger partial charge in [-0.1, -0.05) is 55.5 Å². The summed E-state index contributed by atoms with van der Waals surface area (Å²) in [6.45, 7) is 5.68. The average molecular weight is 1020 g/mol. The minimum atomic E-state index is -4.70. The third kappa shape index (κ3) is 8.10. The van der Waals surface area contributed by atoms with Crippen LogP contribution in [0.15, 0.2) is 66.9 Å². The van der Waals surface area contributed by atoms with Gasteiger partial charge in [0, 0.05) is 89.5 Å². The van der Waals surface area contributed by atoms with Gasteiger partial charge in [0.15, 0.2) is 0 Å². The zero-order valence-electron chi connectivity index (χ0n) is 40.5. The Hall–Kier alpha value is -6.51. The van der Waals surface area contributed by atoms with Crippen molar-refractivity contribution in [2.75, 3.05) is 37.4 Å². The zero-order valence-corrected chi connectivity index (χ0v) is 41.3. The Bertz CT molecular complexity index is 3080. The molecule has 2 saturated carbocycles. The smallest absolute Gasteiger partial charge is 0.433 e. The quantitative estimate of drug-likeness (QED) is 0.0846. The van der Waals surface area contributed by atoms with Crippen LogP contribution in [0.1, 0.15) is 126 Å². The number of methoxy groups -OCH3 is 1. The van der Waals surface area contributed by atoms with Gasteiger partial charge in [-0.3, -0.25) is 39.6 Å². The highest BCUT2D eigenvalue weighted by Gasteiger charge is 2.69. The molecule has 73 heavy (non-hydrogen) atoms. The first-order chi connectivity index (χ1) is 34.8. The first-order valence-corrected chi connectivity index (χ1v) is 25.2. The number of amides is 5. The van der Waals surface area contributed by atoms with Crippen LogP contribution in [-0.4, -0.2) is 88.7 Å². The van der Waals surface area contributed by atoms with Crippen LogP contribution in [0.25, 0.3) is 0 Å². The summed E-state index contributed by atoms with van der Waals surface area (Å²) in [6, 6.07) is 14.0. The van der Waals surface area contributed by atoms with Crippen LogP contribution >= 0.6 is 11.6 Å². The molecule has 4 N–H and O–H groups in total. The van der Waals surface area contributed by atoms with E-state index in [1.54, 1.807) is 47.4 Å². The Kier molecular flexibility index (Phi) is 11.7. The Morgan fingerprint density at radius 1 is 0.973 bits per heavy atom. The minimum Gasteiger partial charge on any atom is -0.495 e. The Balaban J connectivity index is 0.804. The second-order valence-corrected chi connectivity index (χ2v) is 22.2. The predicted molar refractivity (Wildman–Crippen MR) is 262 cm³/mol. The molecule has 5 atom stereocenters. The number of pyridine rings is 1. The maximum atomic E-state index is 16.5. The molecule has 18 heteroatoms. The highest BCUT2D eigenvalue weighted by molar-refractivity contribution is 6.30. The van der Waals surface area contributed by atoms with Gasteiger partial charge in [-0.25, -0.2) is 4.39 Å². The van der Waals surface area contributed by atoms with Crippen molar-refractivity contribution in [2.24, 2.45) is 16.7 Å². The number of carbonyl (C=O) groups excluding carboxylic acids is 5. The number of nitrogens with one attached hydrogen (secondary N) is 4. The van der Waals surface area contributed by atoms with Crippen LogP contribution in [0, 0.1) is 34.4 Å². The maximum Gasteiger partial charge on any atom is 0.433 e. The van der Waals surface area contributed by atoms with Crippen molar-refractivity contribution >= 4 is 52.5 Å². The molecule has 5 fully saturated rings. The fraction of sp³-hybridized carbons (Fsp3) is 0.455. The molecule has 380 valence electrons. The minimum absolute atomic E-state index is 0.0353. The Labute approximate surface area is 424 Å². The molecule has 5 amide bonds. The second-order valence-electron chi connectivity index (χ2n) is 21.7. The molecular formula is C55H54ClF4N7O6. The number of piperidine rings is 2. The molecule has 11 rings (SSSR count). The maximum absolute atomic E-state index is 16.5. The normalized spacial score (nSPS) is 26.2. The summed E-state index contributed by atoms with van der Waals surface area (Å²) >= 11 is 6.44. The molecule has 3 spiro atoms. The standard InChI is InChI=1S/C55H54ClF4N7O6/c1-51(2)16-18-53(19-17-51)54(29-62-39-25-42(55(58,59)60)61-27-36(39)54)44(34-8-5-9-37(56)45(34)57)46(65-53)48(70)63-38-13-11-31(24-41(38)73-3)49(71)66-22-20-52(21-23-66)26-32(52)12-10-30-6-4-7-33-35(30)28-67(50(33)72)40-14-15-43(68)64-47(40)69/h4-9,11,13,24-25,27,32,40,44,46,62,65H,14-23,26,28-29H2,1-3H3,(H,63,70)(H,64,68,69)/t32-,40-,44-,46+,54+/m0/s1. The number of halogens is 5. The van der Waals surface area contributed by atoms with E-state index in [4.69, 9.17) is 16.3 Å². The molecule has 4 aromatic rings. The van der Waals surface area contributed by atoms with E-state index in [2.05, 4.69) is 51.9 Å². The zero-order chi connectivity index (χ0) is 51.4. The number of likely N-dealkylation sites (tertiary alicyclic amines) is 1. The predicted octanol–water partition coefficient (Wildman–Crippen LogP) is 8.35. The van der Waals surface area contributed by atoms with Crippen LogP contribution in [-0.2, 0) is 32.5 Å². The van der Waals surface area contributed by atoms with Gasteiger partial charge in [0.05, 0.1) is 23.9 Å². The van der Waals surface area contributed by atoms with Crippen LogP contribution < -0.4 is 26.0 Å². The van der Waals surface area contributed by atoms with E-state index in [9.17, 15) is 32.3 Å².